The van der Waals surface area contributed by atoms with Crippen LogP contribution in [-0.4, -0.2) is 25.1 Å². The van der Waals surface area contributed by atoms with Crippen LogP contribution in [0.25, 0.3) is 0 Å². The van der Waals surface area contributed by atoms with Gasteiger partial charge in [0.2, 0.25) is 5.88 Å². The van der Waals surface area contributed by atoms with Gasteiger partial charge in [0.15, 0.2) is 0 Å². The van der Waals surface area contributed by atoms with Crippen molar-refractivity contribution < 1.29 is 28.7 Å². The van der Waals surface area contributed by atoms with Gasteiger partial charge in [-0.2, -0.15) is 5.26 Å². The van der Waals surface area contributed by atoms with E-state index in [4.69, 9.17) is 24.7 Å². The molecule has 35 heavy (non-hydrogen) atoms. The smallest absolute Gasteiger partial charge is 0.343 e. The minimum Gasteiger partial charge on any atom is -0.497 e. The number of non-ortho nitro benzene ring substituents is 1. The van der Waals surface area contributed by atoms with Gasteiger partial charge in [-0.05, 0) is 30.3 Å². The van der Waals surface area contributed by atoms with Gasteiger partial charge in [-0.1, -0.05) is 12.1 Å². The Balaban J connectivity index is 1.73. The molecule has 1 heterocycles. The molecule has 0 saturated heterocycles. The third-order valence-corrected chi connectivity index (χ3v) is 5.44. The van der Waals surface area contributed by atoms with Crippen molar-refractivity contribution in [3.63, 3.8) is 0 Å². The Morgan fingerprint density at radius 3 is 2.51 bits per heavy atom. The SMILES string of the molecule is COc1ccc(OC)c(C2C(C#N)=C(N)Oc3cc(OC(=O)c4cccc([N+](=O)[O-])c4)ccc32)c1. The molecule has 0 aliphatic carbocycles. The van der Waals surface area contributed by atoms with Crippen LogP contribution in [0.4, 0.5) is 5.69 Å². The van der Waals surface area contributed by atoms with Crippen molar-refractivity contribution in [2.75, 3.05) is 14.2 Å². The largest absolute Gasteiger partial charge is 0.497 e. The summed E-state index contributed by atoms with van der Waals surface area (Å²) in [5, 5.41) is 20.8. The Morgan fingerprint density at radius 2 is 1.83 bits per heavy atom. The third kappa shape index (κ3) is 4.43. The average molecular weight is 473 g/mol. The number of methoxy groups -OCH3 is 2. The number of hydrogen-bond acceptors (Lipinski definition) is 9. The highest BCUT2D eigenvalue weighted by Crippen LogP contribution is 2.46. The van der Waals surface area contributed by atoms with Crippen LogP contribution >= 0.6 is 0 Å². The first-order chi connectivity index (χ1) is 16.9. The summed E-state index contributed by atoms with van der Waals surface area (Å²) in [7, 11) is 3.04. The molecule has 0 saturated carbocycles. The van der Waals surface area contributed by atoms with Gasteiger partial charge in [0.1, 0.15) is 34.6 Å². The van der Waals surface area contributed by atoms with Gasteiger partial charge in [0.05, 0.1) is 30.6 Å². The third-order valence-electron chi connectivity index (χ3n) is 5.44. The van der Waals surface area contributed by atoms with Gasteiger partial charge in [-0.3, -0.25) is 10.1 Å². The normalized spacial score (nSPS) is 14.3. The minimum atomic E-state index is -0.781. The standard InChI is InChI=1S/C25H19N3O7/c1-32-16-7-9-21(33-2)19(11-16)23-18-8-6-17(12-22(18)35-24(27)20(23)13-26)34-25(29)14-4-3-5-15(10-14)28(30)31/h3-12,23H,27H2,1-2H3. The van der Waals surface area contributed by atoms with Crippen LogP contribution in [0.2, 0.25) is 0 Å². The second-order valence-electron chi connectivity index (χ2n) is 7.43. The van der Waals surface area contributed by atoms with E-state index in [1.165, 1.54) is 44.6 Å². The number of benzene rings is 3. The van der Waals surface area contributed by atoms with Crippen molar-refractivity contribution in [1.29, 1.82) is 5.26 Å². The van der Waals surface area contributed by atoms with Crippen molar-refractivity contribution in [3.05, 3.63) is 98.9 Å². The van der Waals surface area contributed by atoms with Crippen LogP contribution in [0.5, 0.6) is 23.0 Å². The van der Waals surface area contributed by atoms with Gasteiger partial charge >= 0.3 is 5.97 Å². The number of nitrogens with two attached hydrogens (primary N) is 1. The molecule has 3 aromatic carbocycles. The summed E-state index contributed by atoms with van der Waals surface area (Å²) in [5.74, 6) is -0.0211. The molecule has 1 aliphatic rings. The maximum atomic E-state index is 12.6. The fraction of sp³-hybridized carbons (Fsp3) is 0.120. The summed E-state index contributed by atoms with van der Waals surface area (Å²) in [5.41, 5.74) is 7.27. The second kappa shape index (κ2) is 9.44. The molecular weight excluding hydrogens is 454 g/mol. The number of carbonyl (C=O) groups is 1. The van der Waals surface area contributed by atoms with Crippen molar-refractivity contribution in [2.24, 2.45) is 5.73 Å². The highest BCUT2D eigenvalue weighted by Gasteiger charge is 2.33. The molecule has 0 bridgehead atoms. The zero-order valence-electron chi connectivity index (χ0n) is 18.7. The number of allylic oxidation sites excluding steroid dienone is 1. The fourth-order valence-corrected chi connectivity index (χ4v) is 3.80. The summed E-state index contributed by atoms with van der Waals surface area (Å²) >= 11 is 0. The molecule has 10 nitrogen and oxygen atoms in total. The molecule has 0 amide bonds. The highest BCUT2D eigenvalue weighted by molar-refractivity contribution is 5.91. The van der Waals surface area contributed by atoms with Crippen LogP contribution < -0.4 is 24.7 Å². The van der Waals surface area contributed by atoms with Gasteiger partial charge in [-0.25, -0.2) is 4.79 Å². The lowest BCUT2D eigenvalue weighted by molar-refractivity contribution is -0.384. The summed E-state index contributed by atoms with van der Waals surface area (Å²) in [6.07, 6.45) is 0. The van der Waals surface area contributed by atoms with E-state index in [9.17, 15) is 20.2 Å². The maximum absolute atomic E-state index is 12.6. The van der Waals surface area contributed by atoms with Gasteiger partial charge in [-0.15, -0.1) is 0 Å². The molecule has 176 valence electrons. The molecule has 3 aromatic rings. The zero-order chi connectivity index (χ0) is 25.1. The number of ether oxygens (including phenoxy) is 4. The van der Waals surface area contributed by atoms with Gasteiger partial charge < -0.3 is 24.7 Å². The number of hydrogen-bond donors (Lipinski definition) is 1. The molecule has 1 atom stereocenters. The number of carbonyl (C=O) groups excluding carboxylic acids is 1. The van der Waals surface area contributed by atoms with Crippen LogP contribution in [0.15, 0.2) is 72.1 Å². The molecule has 10 heteroatoms. The molecule has 4 rings (SSSR count). The molecule has 1 unspecified atom stereocenters. The van der Waals surface area contributed by atoms with E-state index in [0.29, 0.717) is 22.6 Å². The Kier molecular flexibility index (Phi) is 6.24. The monoisotopic (exact) mass is 473 g/mol. The van der Waals surface area contributed by atoms with E-state index in [0.717, 1.165) is 6.07 Å². The van der Waals surface area contributed by atoms with E-state index < -0.39 is 16.8 Å². The first kappa shape index (κ1) is 23.1. The lowest BCUT2D eigenvalue weighted by atomic mass is 9.83. The Hall–Kier alpha value is -5.04. The predicted molar refractivity (Wildman–Crippen MR) is 123 cm³/mol. The van der Waals surface area contributed by atoms with Gasteiger partial charge in [0.25, 0.3) is 5.69 Å². The zero-order valence-corrected chi connectivity index (χ0v) is 18.7. The molecular formula is C25H19N3O7. The molecule has 0 fully saturated rings. The quantitative estimate of drug-likeness (QED) is 0.242. The molecule has 0 radical (unpaired) electrons. The summed E-state index contributed by atoms with van der Waals surface area (Å²) in [4.78, 5) is 23.0. The fourth-order valence-electron chi connectivity index (χ4n) is 3.80. The Morgan fingerprint density at radius 1 is 1.06 bits per heavy atom. The van der Waals surface area contributed by atoms with Gasteiger partial charge in [0, 0.05) is 29.3 Å². The van der Waals surface area contributed by atoms with Crippen molar-refractivity contribution >= 4 is 11.7 Å². The van der Waals surface area contributed by atoms with Crippen LogP contribution in [-0.2, 0) is 0 Å². The van der Waals surface area contributed by atoms with E-state index >= 15 is 0 Å². The van der Waals surface area contributed by atoms with Crippen LogP contribution in [0.3, 0.4) is 0 Å². The van der Waals surface area contributed by atoms with E-state index in [-0.39, 0.29) is 34.2 Å². The van der Waals surface area contributed by atoms with Crippen molar-refractivity contribution in [1.82, 2.24) is 0 Å². The highest BCUT2D eigenvalue weighted by atomic mass is 16.6. The Bertz CT molecular complexity index is 1410. The average Bonchev–Trinajstić information content (AvgIpc) is 2.87. The number of nitro benzene ring substituents is 1. The minimum absolute atomic E-state index is 0.0167. The summed E-state index contributed by atoms with van der Waals surface area (Å²) < 4.78 is 21.9. The number of esters is 1. The number of nitrogens with zero attached hydrogens (tertiary/aromatic N) is 2. The molecule has 1 aliphatic heterocycles. The van der Waals surface area contributed by atoms with Crippen molar-refractivity contribution in [2.45, 2.75) is 5.92 Å². The predicted octanol–water partition coefficient (Wildman–Crippen LogP) is 4.05. The Labute approximate surface area is 199 Å². The van der Waals surface area contributed by atoms with E-state index in [1.54, 1.807) is 24.3 Å². The number of rotatable bonds is 6. The first-order valence-corrected chi connectivity index (χ1v) is 10.3. The maximum Gasteiger partial charge on any atom is 0.343 e. The second-order valence-corrected chi connectivity index (χ2v) is 7.43. The number of nitriles is 1. The van der Waals surface area contributed by atoms with Crippen molar-refractivity contribution in [3.8, 4) is 29.1 Å². The number of fused-ring (bicyclic) bond motifs is 1. The lowest BCUT2D eigenvalue weighted by Gasteiger charge is -2.28. The van der Waals surface area contributed by atoms with Crippen LogP contribution in [0, 0.1) is 21.4 Å². The molecule has 0 aromatic heterocycles. The number of nitro groups is 1. The summed E-state index contributed by atoms with van der Waals surface area (Å²) in [6, 6.07) is 17.2. The topological polar surface area (TPSA) is 147 Å². The van der Waals surface area contributed by atoms with Crippen LogP contribution in [0.1, 0.15) is 27.4 Å². The van der Waals surface area contributed by atoms with E-state index in [1.807, 2.05) is 0 Å². The summed E-state index contributed by atoms with van der Waals surface area (Å²) in [6.45, 7) is 0. The lowest BCUT2D eigenvalue weighted by Crippen LogP contribution is -2.21. The molecule has 0 spiro atoms. The first-order valence-electron chi connectivity index (χ1n) is 10.3. The molecule has 2 N–H and O–H groups in total. The van der Waals surface area contributed by atoms with E-state index in [2.05, 4.69) is 6.07 Å².